The van der Waals surface area contributed by atoms with Gasteiger partial charge in [0.15, 0.2) is 0 Å². The van der Waals surface area contributed by atoms with Crippen LogP contribution in [0.4, 0.5) is 11.4 Å². The van der Waals surface area contributed by atoms with Crippen molar-refractivity contribution in [2.24, 2.45) is 0 Å². The third-order valence-corrected chi connectivity index (χ3v) is 3.21. The molecule has 0 saturated heterocycles. The fraction of sp³-hybridized carbons (Fsp3) is 0.150. The predicted octanol–water partition coefficient (Wildman–Crippen LogP) is 5.23. The molecule has 3 heteroatoms. The van der Waals surface area contributed by atoms with Crippen LogP contribution in [-0.4, -0.2) is 13.6 Å². The van der Waals surface area contributed by atoms with E-state index in [1.807, 2.05) is 24.3 Å². The molecule has 117 valence electrons. The molecule has 0 spiro atoms. The van der Waals surface area contributed by atoms with Crippen molar-refractivity contribution in [2.45, 2.75) is 6.42 Å². The van der Waals surface area contributed by atoms with E-state index in [-0.39, 0.29) is 40.1 Å². The Morgan fingerprint density at radius 1 is 1.00 bits per heavy atom. The Morgan fingerprint density at radius 3 is 1.78 bits per heavy atom. The van der Waals surface area contributed by atoms with Gasteiger partial charge in [-0.2, -0.15) is 0 Å². The topological polar surface area (TPSA) is 27.0 Å². The average Bonchev–Trinajstić information content (AvgIpc) is 2.67. The van der Waals surface area contributed by atoms with Gasteiger partial charge in [-0.15, -0.1) is 13.1 Å². The molecule has 2 aromatic carbocycles. The third kappa shape index (κ3) is 5.63. The molecule has 2 aromatic rings. The van der Waals surface area contributed by atoms with Gasteiger partial charge >= 0.3 is 0 Å². The maximum absolute atomic E-state index is 6.53. The maximum Gasteiger partial charge on any atom is 0.0567 e. The van der Waals surface area contributed by atoms with Gasteiger partial charge in [0.1, 0.15) is 0 Å². The Balaban J connectivity index is 0.000000615. The number of anilines is 2. The summed E-state index contributed by atoms with van der Waals surface area (Å²) in [5, 5.41) is 0. The maximum atomic E-state index is 6.53. The predicted molar refractivity (Wildman–Crippen MR) is 97.3 cm³/mol. The molecule has 1 radical (unpaired) electrons. The fourth-order valence-electron chi connectivity index (χ4n) is 2.11. The number of fused-ring (bicyclic) bond motifs is 2. The van der Waals surface area contributed by atoms with Gasteiger partial charge in [0, 0.05) is 50.9 Å². The quantitative estimate of drug-likeness (QED) is 0.399. The number of nitrogens with one attached hydrogen (secondary N) is 1. The van der Waals surface area contributed by atoms with E-state index in [0.29, 0.717) is 6.54 Å². The Morgan fingerprint density at radius 2 is 1.43 bits per heavy atom. The number of rotatable bonds is 2. The minimum atomic E-state index is 0. The normalized spacial score (nSPS) is 9.91. The van der Waals surface area contributed by atoms with Gasteiger partial charge in [-0.3, -0.25) is 0 Å². The van der Waals surface area contributed by atoms with E-state index >= 15 is 0 Å². The van der Waals surface area contributed by atoms with E-state index in [1.165, 1.54) is 11.4 Å². The van der Waals surface area contributed by atoms with Crippen molar-refractivity contribution in [2.75, 3.05) is 18.5 Å². The smallest absolute Gasteiger partial charge is 0.0567 e. The van der Waals surface area contributed by atoms with Crippen LogP contribution in [-0.2, 0) is 32.7 Å². The van der Waals surface area contributed by atoms with Crippen LogP contribution in [0.25, 0.3) is 5.73 Å². The van der Waals surface area contributed by atoms with Crippen molar-refractivity contribution < 1.29 is 32.7 Å². The Kier molecular flexibility index (Phi) is 10.5. The summed E-state index contributed by atoms with van der Waals surface area (Å²) in [4.78, 5) is 2.18. The molecular formula is C20H22N2Y-2. The molecule has 0 unspecified atom stereocenters. The molecule has 0 bridgehead atoms. The summed E-state index contributed by atoms with van der Waals surface area (Å²) in [5.74, 6) is 6.44. The van der Waals surface area contributed by atoms with Gasteiger partial charge in [-0.05, 0) is 24.3 Å². The molecule has 0 aliphatic carbocycles. The number of benzene rings is 2. The van der Waals surface area contributed by atoms with Crippen LogP contribution < -0.4 is 4.90 Å². The fourth-order valence-corrected chi connectivity index (χ4v) is 2.11. The summed E-state index contributed by atoms with van der Waals surface area (Å²) in [5.41, 5.74) is 11.0. The van der Waals surface area contributed by atoms with E-state index in [0.717, 1.165) is 17.5 Å². The molecule has 0 fully saturated rings. The Hall–Kier alpha value is -1.40. The van der Waals surface area contributed by atoms with Crippen molar-refractivity contribution in [1.82, 2.24) is 0 Å². The Labute approximate surface area is 165 Å². The second-order valence-electron chi connectivity index (χ2n) is 4.67. The van der Waals surface area contributed by atoms with Crippen molar-refractivity contribution in [3.8, 4) is 11.8 Å². The summed E-state index contributed by atoms with van der Waals surface area (Å²) < 4.78 is 0. The molecule has 1 aliphatic heterocycles. The van der Waals surface area contributed by atoms with Crippen LogP contribution in [0, 0.1) is 19.3 Å². The van der Waals surface area contributed by atoms with Gasteiger partial charge in [-0.25, -0.2) is 0 Å². The first kappa shape index (κ1) is 21.6. The average molecular weight is 379 g/mol. The standard InChI is InChI=1S/C15H11N.C4H8N.CH3.Y/c1-16-14-8-4-2-6-12(14)10-11-13-7-3-5-9-15(13)16;1-2-3-4-5;;/h2-9H,1H3;2,5H,1,3-4H2;1H3;/q;2*-1;. The molecule has 1 heterocycles. The van der Waals surface area contributed by atoms with Gasteiger partial charge in [0.2, 0.25) is 0 Å². The number of para-hydroxylation sites is 2. The minimum Gasteiger partial charge on any atom is -0.677 e. The first-order valence-corrected chi connectivity index (χ1v) is 6.97. The summed E-state index contributed by atoms with van der Waals surface area (Å²) in [6.45, 7) is 3.91. The number of hydrogen-bond donors (Lipinski definition) is 0. The van der Waals surface area contributed by atoms with E-state index < -0.39 is 0 Å². The van der Waals surface area contributed by atoms with Gasteiger partial charge < -0.3 is 18.1 Å². The molecule has 23 heavy (non-hydrogen) atoms. The van der Waals surface area contributed by atoms with Crippen LogP contribution in [0.1, 0.15) is 17.5 Å². The van der Waals surface area contributed by atoms with Gasteiger partial charge in [0.05, 0.1) is 11.4 Å². The van der Waals surface area contributed by atoms with Gasteiger partial charge in [-0.1, -0.05) is 48.6 Å². The first-order valence-electron chi connectivity index (χ1n) is 6.97. The van der Waals surface area contributed by atoms with E-state index in [2.05, 4.69) is 54.6 Å². The van der Waals surface area contributed by atoms with Crippen LogP contribution in [0.15, 0.2) is 61.2 Å². The molecule has 1 N–H and O–H groups in total. The summed E-state index contributed by atoms with van der Waals surface area (Å²) in [7, 11) is 2.08. The SMILES string of the molecule is C=CCC[NH-].CN1c2ccccc2C#Cc2ccccc21.[CH3-].[Y]. The molecule has 0 aromatic heterocycles. The zero-order valence-electron chi connectivity index (χ0n) is 13.8. The molecule has 1 aliphatic rings. The van der Waals surface area contributed by atoms with Crippen molar-refractivity contribution in [3.05, 3.63) is 85.5 Å². The monoisotopic (exact) mass is 379 g/mol. The summed E-state index contributed by atoms with van der Waals surface area (Å²) in [6, 6.07) is 16.5. The van der Waals surface area contributed by atoms with E-state index in [1.54, 1.807) is 6.08 Å². The van der Waals surface area contributed by atoms with Crippen LogP contribution >= 0.6 is 0 Å². The third-order valence-electron chi connectivity index (χ3n) is 3.21. The largest absolute Gasteiger partial charge is 0.677 e. The molecular weight excluding hydrogens is 357 g/mol. The van der Waals surface area contributed by atoms with Crippen LogP contribution in [0.3, 0.4) is 0 Å². The second-order valence-corrected chi connectivity index (χ2v) is 4.67. The van der Waals surface area contributed by atoms with E-state index in [4.69, 9.17) is 5.73 Å². The molecule has 0 amide bonds. The number of nitrogens with zero attached hydrogens (tertiary/aromatic N) is 1. The van der Waals surface area contributed by atoms with E-state index in [9.17, 15) is 0 Å². The Bertz CT molecular complexity index is 632. The zero-order chi connectivity index (χ0) is 15.1. The van der Waals surface area contributed by atoms with Crippen LogP contribution in [0.5, 0.6) is 0 Å². The second kappa shape index (κ2) is 11.2. The molecule has 2 nitrogen and oxygen atoms in total. The first-order chi connectivity index (χ1) is 10.3. The summed E-state index contributed by atoms with van der Waals surface area (Å²) >= 11 is 0. The number of hydrogen-bond acceptors (Lipinski definition) is 1. The van der Waals surface area contributed by atoms with Crippen LogP contribution in [0.2, 0.25) is 0 Å². The van der Waals surface area contributed by atoms with Crippen molar-refractivity contribution >= 4 is 11.4 Å². The molecule has 0 atom stereocenters. The van der Waals surface area contributed by atoms with Gasteiger partial charge in [0.25, 0.3) is 0 Å². The molecule has 3 rings (SSSR count). The minimum absolute atomic E-state index is 0. The summed E-state index contributed by atoms with van der Waals surface area (Å²) in [6.07, 6.45) is 2.56. The molecule has 0 saturated carbocycles. The van der Waals surface area contributed by atoms with Crippen molar-refractivity contribution in [3.63, 3.8) is 0 Å². The van der Waals surface area contributed by atoms with Crippen molar-refractivity contribution in [1.29, 1.82) is 0 Å². The zero-order valence-corrected chi connectivity index (χ0v) is 16.7.